The lowest BCUT2D eigenvalue weighted by Crippen LogP contribution is -2.55. The number of ether oxygens (including phenoxy) is 1. The molecule has 1 N–H and O–H groups in total. The number of aryl methyl sites for hydroxylation is 1. The molecule has 2 atom stereocenters. The number of rotatable bonds is 2. The van der Waals surface area contributed by atoms with E-state index in [1.54, 1.807) is 30.7 Å². The lowest BCUT2D eigenvalue weighted by atomic mass is 9.66. The topological polar surface area (TPSA) is 107 Å². The average molecular weight is 410 g/mol. The highest BCUT2D eigenvalue weighted by Crippen LogP contribution is 2.50. The number of anilines is 1. The van der Waals surface area contributed by atoms with Gasteiger partial charge in [-0.05, 0) is 38.1 Å². The van der Waals surface area contributed by atoms with Gasteiger partial charge in [0.1, 0.15) is 11.3 Å². The summed E-state index contributed by atoms with van der Waals surface area (Å²) in [7, 11) is 0. The number of nitriles is 1. The molecule has 3 heterocycles. The second-order valence-corrected chi connectivity index (χ2v) is 7.49. The quantitative estimate of drug-likeness (QED) is 0.699. The Morgan fingerprint density at radius 2 is 1.68 bits per heavy atom. The Bertz CT molecular complexity index is 1290. The fourth-order valence-corrected chi connectivity index (χ4v) is 4.42. The van der Waals surface area contributed by atoms with Gasteiger partial charge < -0.3 is 4.74 Å². The molecule has 3 aromatic rings. The van der Waals surface area contributed by atoms with Gasteiger partial charge in [-0.1, -0.05) is 36.4 Å². The fraction of sp³-hybridized carbons (Fsp3) is 0.174. The normalized spacial score (nSPS) is 22.2. The lowest BCUT2D eigenvalue weighted by Gasteiger charge is -2.36. The first-order valence-electron chi connectivity index (χ1n) is 9.77. The maximum absolute atomic E-state index is 13.9. The summed E-state index contributed by atoms with van der Waals surface area (Å²) in [6, 6.07) is 20.5. The van der Waals surface area contributed by atoms with Gasteiger partial charge in [0.05, 0.1) is 34.4 Å². The van der Waals surface area contributed by atoms with Crippen LogP contribution >= 0.6 is 0 Å². The van der Waals surface area contributed by atoms with Gasteiger partial charge >= 0.3 is 0 Å². The number of nitrogens with zero attached hydrogens (tertiary/aromatic N) is 5. The Hall–Kier alpha value is -4.25. The molecule has 2 aliphatic rings. The van der Waals surface area contributed by atoms with Crippen LogP contribution in [-0.4, -0.2) is 27.3 Å². The first-order chi connectivity index (χ1) is 15.0. The van der Waals surface area contributed by atoms with Gasteiger partial charge in [-0.3, -0.25) is 10.2 Å². The second kappa shape index (κ2) is 6.64. The van der Waals surface area contributed by atoms with E-state index in [1.807, 2.05) is 48.5 Å². The second-order valence-electron chi connectivity index (χ2n) is 7.49. The highest BCUT2D eigenvalue weighted by Gasteiger charge is 2.63. The molecule has 152 valence electrons. The molecule has 1 aromatic heterocycles. The molecule has 2 aromatic carbocycles. The number of hydrogen-bond acceptors (Lipinski definition) is 6. The minimum absolute atomic E-state index is 0.262. The molecular weight excluding hydrogens is 392 g/mol. The summed E-state index contributed by atoms with van der Waals surface area (Å²) in [6.07, 6.45) is 0. The molecule has 2 aliphatic heterocycles. The van der Waals surface area contributed by atoms with Crippen molar-refractivity contribution < 1.29 is 9.53 Å². The van der Waals surface area contributed by atoms with Gasteiger partial charge in [-0.2, -0.15) is 20.5 Å². The van der Waals surface area contributed by atoms with Crippen LogP contribution in [0, 0.1) is 29.6 Å². The molecule has 0 radical (unpaired) electrons. The van der Waals surface area contributed by atoms with Crippen molar-refractivity contribution in [2.24, 2.45) is 11.0 Å². The summed E-state index contributed by atoms with van der Waals surface area (Å²) < 4.78 is 7.37. The van der Waals surface area contributed by atoms with Crippen LogP contribution in [0.4, 0.5) is 5.69 Å². The van der Waals surface area contributed by atoms with Gasteiger partial charge in [-0.25, -0.2) is 4.68 Å². The zero-order chi connectivity index (χ0) is 21.8. The summed E-state index contributed by atoms with van der Waals surface area (Å²) >= 11 is 0. The van der Waals surface area contributed by atoms with Crippen molar-refractivity contribution in [3.63, 3.8) is 0 Å². The van der Waals surface area contributed by atoms with E-state index in [4.69, 9.17) is 10.1 Å². The number of hydrazone groups is 1. The number of fused-ring (bicyclic) bond motifs is 2. The van der Waals surface area contributed by atoms with Crippen LogP contribution in [0.2, 0.25) is 0 Å². The van der Waals surface area contributed by atoms with Crippen molar-refractivity contribution >= 4 is 23.2 Å². The molecule has 1 spiro atoms. The van der Waals surface area contributed by atoms with E-state index in [9.17, 15) is 10.1 Å². The number of amides is 1. The smallest absolute Gasteiger partial charge is 0.266 e. The van der Waals surface area contributed by atoms with E-state index >= 15 is 0 Å². The van der Waals surface area contributed by atoms with Gasteiger partial charge in [0, 0.05) is 0 Å². The van der Waals surface area contributed by atoms with E-state index in [-0.39, 0.29) is 11.8 Å². The zero-order valence-electron chi connectivity index (χ0n) is 16.9. The number of aromatic nitrogens is 2. The van der Waals surface area contributed by atoms with Crippen molar-refractivity contribution in [1.82, 2.24) is 9.78 Å². The molecule has 0 saturated carbocycles. The van der Waals surface area contributed by atoms with Crippen LogP contribution in [-0.2, 0) is 10.2 Å². The monoisotopic (exact) mass is 410 g/mol. The Kier molecular flexibility index (Phi) is 4.02. The maximum Gasteiger partial charge on any atom is 0.266 e. The molecule has 2 unspecified atom stereocenters. The number of nitrogens with one attached hydrogen (secondary N) is 1. The Morgan fingerprint density at radius 1 is 1.06 bits per heavy atom. The van der Waals surface area contributed by atoms with E-state index in [2.05, 4.69) is 16.3 Å². The number of benzene rings is 2. The predicted octanol–water partition coefficient (Wildman–Crippen LogP) is 3.35. The minimum atomic E-state index is -1.48. The van der Waals surface area contributed by atoms with Crippen molar-refractivity contribution in [2.45, 2.75) is 19.3 Å². The largest absolute Gasteiger partial charge is 0.423 e. The first-order valence-corrected chi connectivity index (χ1v) is 9.77. The van der Waals surface area contributed by atoms with Crippen molar-refractivity contribution in [1.29, 1.82) is 10.7 Å². The van der Waals surface area contributed by atoms with Gasteiger partial charge in [0.2, 0.25) is 11.8 Å². The number of para-hydroxylation sites is 2. The molecule has 1 amide bonds. The van der Waals surface area contributed by atoms with Gasteiger partial charge in [-0.15, -0.1) is 0 Å². The van der Waals surface area contributed by atoms with Crippen molar-refractivity contribution in [3.8, 4) is 17.6 Å². The summed E-state index contributed by atoms with van der Waals surface area (Å²) in [6.45, 7) is 3.49. The standard InChI is InChI=1S/C23H18N6O2/c1-14-19-21(28(26-14)16-9-5-3-6-10-16)31-20(25)18(13-24)23(19)15(2)27-29(22(23)30)17-11-7-4-8-12-17/h3-12,18,25H,1-2H3. The molecule has 5 rings (SSSR count). The molecule has 31 heavy (non-hydrogen) atoms. The first kappa shape index (κ1) is 18.8. The molecule has 0 saturated heterocycles. The van der Waals surface area contributed by atoms with E-state index in [0.29, 0.717) is 22.7 Å². The molecule has 0 aliphatic carbocycles. The third-order valence-electron chi connectivity index (χ3n) is 5.80. The lowest BCUT2D eigenvalue weighted by molar-refractivity contribution is -0.121. The summed E-state index contributed by atoms with van der Waals surface area (Å²) in [5.41, 5.74) is 1.29. The number of carbonyl (C=O) groups excluding carboxylic acids is 1. The third kappa shape index (κ3) is 2.40. The highest BCUT2D eigenvalue weighted by atomic mass is 16.5. The van der Waals surface area contributed by atoms with Gasteiger partial charge in [0.25, 0.3) is 5.91 Å². The number of hydrogen-bond donors (Lipinski definition) is 1. The van der Waals surface area contributed by atoms with Crippen molar-refractivity contribution in [2.75, 3.05) is 5.01 Å². The summed E-state index contributed by atoms with van der Waals surface area (Å²) in [5, 5.41) is 28.9. The zero-order valence-corrected chi connectivity index (χ0v) is 16.9. The van der Waals surface area contributed by atoms with Crippen LogP contribution in [0.1, 0.15) is 18.2 Å². The molecule has 0 bridgehead atoms. The van der Waals surface area contributed by atoms with Crippen LogP contribution < -0.4 is 9.75 Å². The third-order valence-corrected chi connectivity index (χ3v) is 5.80. The van der Waals surface area contributed by atoms with E-state index in [1.165, 1.54) is 5.01 Å². The predicted molar refractivity (Wildman–Crippen MR) is 114 cm³/mol. The SMILES string of the molecule is CC1=NN(c2ccccc2)C(=O)C12c1c(C)nn(-c3ccccc3)c1OC(=N)C2C#N. The highest BCUT2D eigenvalue weighted by molar-refractivity contribution is 6.26. The average Bonchev–Trinajstić information content (AvgIpc) is 3.25. The van der Waals surface area contributed by atoms with Crippen LogP contribution in [0.15, 0.2) is 65.8 Å². The Morgan fingerprint density at radius 3 is 2.29 bits per heavy atom. The molecule has 0 fully saturated rings. The minimum Gasteiger partial charge on any atom is -0.423 e. The molecular formula is C23H18N6O2. The maximum atomic E-state index is 13.9. The van der Waals surface area contributed by atoms with E-state index < -0.39 is 17.2 Å². The fourth-order valence-electron chi connectivity index (χ4n) is 4.42. The Balaban J connectivity index is 1.78. The molecule has 8 nitrogen and oxygen atoms in total. The van der Waals surface area contributed by atoms with Crippen LogP contribution in [0.25, 0.3) is 5.69 Å². The van der Waals surface area contributed by atoms with Gasteiger partial charge in [0.15, 0.2) is 0 Å². The number of carbonyl (C=O) groups is 1. The van der Waals surface area contributed by atoms with E-state index in [0.717, 1.165) is 5.69 Å². The summed E-state index contributed by atoms with van der Waals surface area (Å²) in [4.78, 5) is 13.9. The van der Waals surface area contributed by atoms with Crippen molar-refractivity contribution in [3.05, 3.63) is 71.9 Å². The molecule has 8 heteroatoms. The summed E-state index contributed by atoms with van der Waals surface area (Å²) in [5.74, 6) is -1.59. The van der Waals surface area contributed by atoms with Crippen LogP contribution in [0.5, 0.6) is 5.88 Å². The van der Waals surface area contributed by atoms with Crippen LogP contribution in [0.3, 0.4) is 0 Å². The Labute approximate surface area is 178 Å².